The Morgan fingerprint density at radius 2 is 1.64 bits per heavy atom. The average Bonchev–Trinajstić information content (AvgIpc) is 2.81. The Kier molecular flexibility index (Phi) is 12.1. The molecule has 33 heavy (non-hydrogen) atoms. The Morgan fingerprint density at radius 3 is 2.27 bits per heavy atom. The Hall–Kier alpha value is -2.79. The lowest BCUT2D eigenvalue weighted by Gasteiger charge is -2.14. The summed E-state index contributed by atoms with van der Waals surface area (Å²) < 4.78 is 17.6. The normalized spacial score (nSPS) is 11.7. The molecule has 0 amide bonds. The number of hydrogen-bond acceptors (Lipinski definition) is 5. The number of allylic oxidation sites excluding steroid dienone is 1. The third-order valence-corrected chi connectivity index (χ3v) is 5.29. The van der Waals surface area contributed by atoms with Crippen LogP contribution < -0.4 is 9.47 Å². The van der Waals surface area contributed by atoms with Gasteiger partial charge in [-0.2, -0.15) is 0 Å². The van der Waals surface area contributed by atoms with Gasteiger partial charge in [-0.15, -0.1) is 0 Å². The first-order valence-corrected chi connectivity index (χ1v) is 11.8. The number of unbranched alkanes of at least 4 members (excludes halogenated alkanes) is 2. The van der Waals surface area contributed by atoms with Crippen molar-refractivity contribution in [2.45, 2.75) is 60.0 Å². The Balaban J connectivity index is 1.63. The molecule has 0 fully saturated rings. The molecule has 0 heterocycles. The second kappa shape index (κ2) is 15.1. The fourth-order valence-electron chi connectivity index (χ4n) is 3.53. The molecule has 0 aliphatic carbocycles. The zero-order chi connectivity index (χ0) is 23.9. The van der Waals surface area contributed by atoms with Gasteiger partial charge in [-0.3, -0.25) is 0 Å². The number of hydrogen-bond donors (Lipinski definition) is 0. The molecule has 0 saturated carbocycles. The van der Waals surface area contributed by atoms with Crippen molar-refractivity contribution in [1.29, 1.82) is 0 Å². The molecular formula is C28H39NO4. The third kappa shape index (κ3) is 9.30. The van der Waals surface area contributed by atoms with Crippen LogP contribution in [0.1, 0.15) is 61.8 Å². The summed E-state index contributed by atoms with van der Waals surface area (Å²) in [5.41, 5.74) is 5.42. The molecule has 0 atom stereocenters. The van der Waals surface area contributed by atoms with E-state index < -0.39 is 0 Å². The molecule has 2 rings (SSSR count). The van der Waals surface area contributed by atoms with E-state index in [1.165, 1.54) is 5.56 Å². The third-order valence-electron chi connectivity index (χ3n) is 5.29. The second-order valence-corrected chi connectivity index (χ2v) is 8.00. The highest BCUT2D eigenvalue weighted by molar-refractivity contribution is 6.00. The van der Waals surface area contributed by atoms with Crippen LogP contribution in [0.5, 0.6) is 11.5 Å². The Bertz CT molecular complexity index is 864. The van der Waals surface area contributed by atoms with Crippen molar-refractivity contribution in [2.24, 2.45) is 5.16 Å². The van der Waals surface area contributed by atoms with E-state index in [1.54, 1.807) is 7.11 Å². The number of ether oxygens (including phenoxy) is 3. The van der Waals surface area contributed by atoms with E-state index in [2.05, 4.69) is 50.2 Å². The molecule has 0 bridgehead atoms. The first-order chi connectivity index (χ1) is 16.1. The van der Waals surface area contributed by atoms with Crippen LogP contribution in [-0.4, -0.2) is 32.6 Å². The highest BCUT2D eigenvalue weighted by atomic mass is 16.6. The minimum Gasteiger partial charge on any atom is -0.493 e. The minimum absolute atomic E-state index is 0.589. The van der Waals surface area contributed by atoms with Gasteiger partial charge < -0.3 is 19.0 Å². The van der Waals surface area contributed by atoms with E-state index in [0.29, 0.717) is 19.8 Å². The van der Waals surface area contributed by atoms with Gasteiger partial charge in [-0.1, -0.05) is 48.5 Å². The zero-order valence-corrected chi connectivity index (χ0v) is 20.9. The number of oxime groups is 1. The van der Waals surface area contributed by atoms with Gasteiger partial charge in [0, 0.05) is 6.61 Å². The van der Waals surface area contributed by atoms with Crippen molar-refractivity contribution in [3.05, 3.63) is 70.8 Å². The quantitative estimate of drug-likeness (QED) is 0.129. The molecule has 2 aromatic rings. The predicted molar refractivity (Wildman–Crippen MR) is 136 cm³/mol. The van der Waals surface area contributed by atoms with Crippen LogP contribution in [0.4, 0.5) is 0 Å². The SMILES string of the molecule is C/C=C/COc1cc(C)c(OCCCCCOCc2ccc(C(CC)=NOC)cc2)c(C)c1. The lowest BCUT2D eigenvalue weighted by molar-refractivity contribution is 0.116. The molecule has 0 radical (unpaired) electrons. The fraction of sp³-hybridized carbons (Fsp3) is 0.464. The van der Waals surface area contributed by atoms with Crippen molar-refractivity contribution in [1.82, 2.24) is 0 Å². The van der Waals surface area contributed by atoms with Crippen LogP contribution in [0.3, 0.4) is 0 Å². The van der Waals surface area contributed by atoms with Crippen LogP contribution in [0.2, 0.25) is 0 Å². The van der Waals surface area contributed by atoms with E-state index >= 15 is 0 Å². The monoisotopic (exact) mass is 453 g/mol. The van der Waals surface area contributed by atoms with Crippen LogP contribution in [-0.2, 0) is 16.2 Å². The standard InChI is InChI=1S/C28H39NO4/c1-6-8-17-32-26-19-22(3)28(23(4)20-26)33-18-11-9-10-16-31-21-24-12-14-25(15-13-24)27(7-2)29-30-5/h6,8,12-15,19-20H,7,9-11,16-18,21H2,1-5H3/b8-6+,29-27?. The van der Waals surface area contributed by atoms with Crippen molar-refractivity contribution in [3.63, 3.8) is 0 Å². The summed E-state index contributed by atoms with van der Waals surface area (Å²) in [6.45, 7) is 10.9. The maximum Gasteiger partial charge on any atom is 0.125 e. The summed E-state index contributed by atoms with van der Waals surface area (Å²) in [6, 6.07) is 12.4. The lowest BCUT2D eigenvalue weighted by atomic mass is 10.1. The summed E-state index contributed by atoms with van der Waals surface area (Å²) in [6.07, 6.45) is 7.93. The summed E-state index contributed by atoms with van der Waals surface area (Å²) in [4.78, 5) is 4.90. The molecule has 0 spiro atoms. The van der Waals surface area contributed by atoms with Gasteiger partial charge in [-0.05, 0) is 80.8 Å². The molecule has 5 nitrogen and oxygen atoms in total. The molecule has 0 aliphatic rings. The first-order valence-electron chi connectivity index (χ1n) is 11.8. The maximum absolute atomic E-state index is 6.05. The van der Waals surface area contributed by atoms with Crippen LogP contribution in [0.15, 0.2) is 53.7 Å². The van der Waals surface area contributed by atoms with E-state index in [1.807, 2.05) is 31.2 Å². The molecule has 5 heteroatoms. The predicted octanol–water partition coefficient (Wildman–Crippen LogP) is 6.78. The van der Waals surface area contributed by atoms with Gasteiger partial charge in [0.15, 0.2) is 0 Å². The summed E-state index contributed by atoms with van der Waals surface area (Å²) in [5, 5.41) is 4.07. The van der Waals surface area contributed by atoms with Crippen LogP contribution in [0.25, 0.3) is 0 Å². The smallest absolute Gasteiger partial charge is 0.125 e. The number of rotatable bonds is 15. The number of aryl methyl sites for hydroxylation is 2. The average molecular weight is 454 g/mol. The Labute approximate surface area is 199 Å². The zero-order valence-electron chi connectivity index (χ0n) is 20.9. The van der Waals surface area contributed by atoms with Gasteiger partial charge in [0.05, 0.1) is 18.9 Å². The molecule has 0 aromatic heterocycles. The van der Waals surface area contributed by atoms with Gasteiger partial charge in [0.1, 0.15) is 25.2 Å². The Morgan fingerprint density at radius 1 is 0.939 bits per heavy atom. The molecule has 0 saturated heterocycles. The number of nitrogens with zero attached hydrogens (tertiary/aromatic N) is 1. The van der Waals surface area contributed by atoms with Crippen molar-refractivity contribution < 1.29 is 19.0 Å². The van der Waals surface area contributed by atoms with E-state index in [0.717, 1.165) is 66.2 Å². The topological polar surface area (TPSA) is 49.3 Å². The van der Waals surface area contributed by atoms with E-state index in [4.69, 9.17) is 19.0 Å². The molecule has 0 aliphatic heterocycles. The lowest BCUT2D eigenvalue weighted by Crippen LogP contribution is -2.03. The van der Waals surface area contributed by atoms with Crippen molar-refractivity contribution in [2.75, 3.05) is 26.9 Å². The fourth-order valence-corrected chi connectivity index (χ4v) is 3.53. The van der Waals surface area contributed by atoms with Crippen molar-refractivity contribution >= 4 is 5.71 Å². The minimum atomic E-state index is 0.589. The summed E-state index contributed by atoms with van der Waals surface area (Å²) in [5.74, 6) is 1.85. The molecule has 0 N–H and O–H groups in total. The van der Waals surface area contributed by atoms with Crippen molar-refractivity contribution in [3.8, 4) is 11.5 Å². The van der Waals surface area contributed by atoms with Gasteiger partial charge >= 0.3 is 0 Å². The highest BCUT2D eigenvalue weighted by Gasteiger charge is 2.07. The van der Waals surface area contributed by atoms with Gasteiger partial charge in [0.25, 0.3) is 0 Å². The molecule has 180 valence electrons. The van der Waals surface area contributed by atoms with Gasteiger partial charge in [-0.25, -0.2) is 0 Å². The molecular weight excluding hydrogens is 414 g/mol. The maximum atomic E-state index is 6.05. The van der Waals surface area contributed by atoms with Gasteiger partial charge in [0.2, 0.25) is 0 Å². The van der Waals surface area contributed by atoms with Crippen LogP contribution >= 0.6 is 0 Å². The van der Waals surface area contributed by atoms with E-state index in [-0.39, 0.29) is 0 Å². The van der Waals surface area contributed by atoms with Crippen LogP contribution in [0, 0.1) is 13.8 Å². The highest BCUT2D eigenvalue weighted by Crippen LogP contribution is 2.28. The molecule has 0 unspecified atom stereocenters. The number of benzene rings is 2. The summed E-state index contributed by atoms with van der Waals surface area (Å²) in [7, 11) is 1.58. The molecule has 2 aromatic carbocycles. The van der Waals surface area contributed by atoms with E-state index in [9.17, 15) is 0 Å². The first kappa shape index (κ1) is 26.5. The summed E-state index contributed by atoms with van der Waals surface area (Å²) >= 11 is 0. The largest absolute Gasteiger partial charge is 0.493 e. The second-order valence-electron chi connectivity index (χ2n) is 8.00.